The van der Waals surface area contributed by atoms with Crippen LogP contribution in [0.5, 0.6) is 0 Å². The van der Waals surface area contributed by atoms with Gasteiger partial charge in [-0.15, -0.1) is 5.73 Å². The standard InChI is InChI=1S/C10F7N/c11-3-1-2(4(12)8(16)7(3)15)6(14)10(18)9(17)5(1)13. The van der Waals surface area contributed by atoms with Crippen LogP contribution in [0.15, 0.2) is 0 Å². The Morgan fingerprint density at radius 1 is 0.444 bits per heavy atom. The first-order chi connectivity index (χ1) is 8.29. The smallest absolute Gasteiger partial charge is 0.198 e. The van der Waals surface area contributed by atoms with Crippen LogP contribution in [0.4, 0.5) is 36.4 Å². The maximum Gasteiger partial charge on any atom is 0.198 e. The summed E-state index contributed by atoms with van der Waals surface area (Å²) in [5, 5.41) is -3.46. The maximum atomic E-state index is 13.2. The molecule has 2 aromatic rings. The first-order valence-corrected chi connectivity index (χ1v) is 4.30. The van der Waals surface area contributed by atoms with Gasteiger partial charge in [-0.1, -0.05) is 0 Å². The van der Waals surface area contributed by atoms with Crippen molar-refractivity contribution in [2.75, 3.05) is 0 Å². The topological polar surface area (TPSA) is 22.3 Å². The maximum absolute atomic E-state index is 13.2. The molecule has 0 aliphatic rings. The second-order valence-corrected chi connectivity index (χ2v) is 3.30. The second kappa shape index (κ2) is 3.76. The Balaban J connectivity index is 3.22. The molecule has 0 heterocycles. The highest BCUT2D eigenvalue weighted by atomic mass is 19.2. The van der Waals surface area contributed by atoms with Crippen molar-refractivity contribution in [1.82, 2.24) is 5.73 Å². The number of rotatable bonds is 0. The lowest BCUT2D eigenvalue weighted by atomic mass is 10.1. The summed E-state index contributed by atoms with van der Waals surface area (Å²) in [6.45, 7) is 0. The summed E-state index contributed by atoms with van der Waals surface area (Å²) in [6, 6.07) is 0. The summed E-state index contributed by atoms with van der Waals surface area (Å²) < 4.78 is 91.3. The van der Waals surface area contributed by atoms with Crippen molar-refractivity contribution < 1.29 is 30.7 Å². The Bertz CT molecular complexity index is 567. The van der Waals surface area contributed by atoms with Crippen LogP contribution in [0.25, 0.3) is 10.8 Å². The molecular formula is C10F7N. The molecule has 0 saturated carbocycles. The molecule has 2 radical (unpaired) electrons. The molecule has 0 aromatic heterocycles. The number of hydrogen-bond acceptors (Lipinski definition) is 0. The summed E-state index contributed by atoms with van der Waals surface area (Å²) in [5.41, 5.74) is 6.81. The molecule has 0 N–H and O–H groups in total. The third-order valence-electron chi connectivity index (χ3n) is 2.31. The zero-order chi connectivity index (χ0) is 13.8. The van der Waals surface area contributed by atoms with Gasteiger partial charge in [-0.2, -0.15) is 0 Å². The average Bonchev–Trinajstić information content (AvgIpc) is 2.35. The van der Waals surface area contributed by atoms with Crippen molar-refractivity contribution in [2.24, 2.45) is 0 Å². The number of benzene rings is 2. The van der Waals surface area contributed by atoms with E-state index in [2.05, 4.69) is 0 Å². The largest absolute Gasteiger partial charge is 0.204 e. The van der Waals surface area contributed by atoms with Crippen molar-refractivity contribution >= 4 is 16.5 Å². The summed E-state index contributed by atoms with van der Waals surface area (Å²) >= 11 is 0. The van der Waals surface area contributed by atoms with E-state index in [1.165, 1.54) is 0 Å². The van der Waals surface area contributed by atoms with E-state index in [9.17, 15) is 30.7 Å². The lowest BCUT2D eigenvalue weighted by Crippen LogP contribution is -2.04. The highest BCUT2D eigenvalue weighted by Gasteiger charge is 2.30. The van der Waals surface area contributed by atoms with E-state index in [0.717, 1.165) is 0 Å². The number of halogens is 7. The van der Waals surface area contributed by atoms with Gasteiger partial charge >= 0.3 is 0 Å². The second-order valence-electron chi connectivity index (χ2n) is 3.30. The van der Waals surface area contributed by atoms with Crippen LogP contribution in [0.2, 0.25) is 0 Å². The fraction of sp³-hybridized carbons (Fsp3) is 0. The molecule has 2 rings (SSSR count). The molecule has 0 fully saturated rings. The van der Waals surface area contributed by atoms with Crippen molar-refractivity contribution in [3.05, 3.63) is 40.7 Å². The molecule has 0 atom stereocenters. The Hall–Kier alpha value is -1.99. The Kier molecular flexibility index (Phi) is 2.60. The zero-order valence-electron chi connectivity index (χ0n) is 8.09. The van der Waals surface area contributed by atoms with Crippen LogP contribution in [0.1, 0.15) is 0 Å². The highest BCUT2D eigenvalue weighted by Crippen LogP contribution is 2.35. The van der Waals surface area contributed by atoms with Crippen LogP contribution in [-0.4, -0.2) is 0 Å². The average molecular weight is 267 g/mol. The summed E-state index contributed by atoms with van der Waals surface area (Å²) in [4.78, 5) is 0. The predicted molar refractivity (Wildman–Crippen MR) is 45.4 cm³/mol. The fourth-order valence-corrected chi connectivity index (χ4v) is 1.47. The van der Waals surface area contributed by atoms with E-state index in [4.69, 9.17) is 5.73 Å². The zero-order valence-corrected chi connectivity index (χ0v) is 8.09. The Morgan fingerprint density at radius 3 is 1.22 bits per heavy atom. The van der Waals surface area contributed by atoms with Crippen LogP contribution < -0.4 is 5.73 Å². The quantitative estimate of drug-likeness (QED) is 0.396. The van der Waals surface area contributed by atoms with Gasteiger partial charge in [0.05, 0.1) is 10.8 Å². The van der Waals surface area contributed by atoms with Crippen molar-refractivity contribution in [2.45, 2.75) is 0 Å². The van der Waals surface area contributed by atoms with Gasteiger partial charge in [-0.05, 0) is 0 Å². The van der Waals surface area contributed by atoms with E-state index in [1.54, 1.807) is 0 Å². The normalized spacial score (nSPS) is 11.3. The van der Waals surface area contributed by atoms with E-state index >= 15 is 0 Å². The molecule has 94 valence electrons. The van der Waals surface area contributed by atoms with Crippen molar-refractivity contribution in [3.8, 4) is 0 Å². The molecule has 18 heavy (non-hydrogen) atoms. The number of hydrogen-bond donors (Lipinski definition) is 0. The van der Waals surface area contributed by atoms with Gasteiger partial charge in [0, 0.05) is 0 Å². The molecule has 0 aliphatic carbocycles. The van der Waals surface area contributed by atoms with Crippen molar-refractivity contribution in [1.29, 1.82) is 0 Å². The molecule has 2 aromatic carbocycles. The molecule has 0 unspecified atom stereocenters. The Labute approximate surface area is 94.6 Å². The van der Waals surface area contributed by atoms with Crippen molar-refractivity contribution in [3.63, 3.8) is 0 Å². The lowest BCUT2D eigenvalue weighted by Gasteiger charge is -2.08. The molecule has 1 nitrogen and oxygen atoms in total. The monoisotopic (exact) mass is 267 g/mol. The third kappa shape index (κ3) is 1.34. The van der Waals surface area contributed by atoms with Gasteiger partial charge in [0.25, 0.3) is 0 Å². The highest BCUT2D eigenvalue weighted by molar-refractivity contribution is 5.88. The minimum absolute atomic E-state index is 1.71. The Morgan fingerprint density at radius 2 is 0.778 bits per heavy atom. The van der Waals surface area contributed by atoms with Crippen LogP contribution in [0.3, 0.4) is 0 Å². The summed E-state index contributed by atoms with van der Waals surface area (Å²) in [5.74, 6) is -16.0. The molecular weight excluding hydrogens is 267 g/mol. The van der Waals surface area contributed by atoms with Gasteiger partial charge in [0.15, 0.2) is 46.4 Å². The predicted octanol–water partition coefficient (Wildman–Crippen LogP) is 3.51. The molecule has 0 amide bonds. The molecule has 8 heteroatoms. The number of nitrogens with zero attached hydrogens (tertiary/aromatic N) is 1. The molecule has 0 bridgehead atoms. The van der Waals surface area contributed by atoms with Crippen LogP contribution >= 0.6 is 0 Å². The summed E-state index contributed by atoms with van der Waals surface area (Å²) in [7, 11) is 0. The van der Waals surface area contributed by atoms with E-state index in [-0.39, 0.29) is 0 Å². The van der Waals surface area contributed by atoms with Gasteiger partial charge < -0.3 is 0 Å². The van der Waals surface area contributed by atoms with Gasteiger partial charge in [0.1, 0.15) is 0 Å². The van der Waals surface area contributed by atoms with Gasteiger partial charge in [-0.25, -0.2) is 30.7 Å². The third-order valence-corrected chi connectivity index (χ3v) is 2.31. The minimum atomic E-state index is -2.41. The molecule has 0 spiro atoms. The van der Waals surface area contributed by atoms with E-state index in [0.29, 0.717) is 0 Å². The summed E-state index contributed by atoms with van der Waals surface area (Å²) in [6.07, 6.45) is 0. The molecule has 0 aliphatic heterocycles. The van der Waals surface area contributed by atoms with E-state index < -0.39 is 57.2 Å². The first-order valence-electron chi connectivity index (χ1n) is 4.30. The van der Waals surface area contributed by atoms with Gasteiger partial charge in [-0.3, -0.25) is 0 Å². The SMILES string of the molecule is [N]c1c(F)c(F)c2c(F)c(F)c(F)c(F)c2c1F. The fourth-order valence-electron chi connectivity index (χ4n) is 1.47. The number of fused-ring (bicyclic) bond motifs is 1. The minimum Gasteiger partial charge on any atom is -0.204 e. The van der Waals surface area contributed by atoms with Crippen LogP contribution in [0, 0.1) is 40.7 Å². The first kappa shape index (κ1) is 12.5. The van der Waals surface area contributed by atoms with Gasteiger partial charge in [0.2, 0.25) is 0 Å². The van der Waals surface area contributed by atoms with Crippen LogP contribution in [-0.2, 0) is 0 Å². The van der Waals surface area contributed by atoms with E-state index in [1.807, 2.05) is 0 Å². The lowest BCUT2D eigenvalue weighted by molar-refractivity contribution is 0.412. The molecule has 0 saturated heterocycles.